The molecule has 1 heterocycles. The first-order valence-corrected chi connectivity index (χ1v) is 6.96. The summed E-state index contributed by atoms with van der Waals surface area (Å²) in [7, 11) is 0. The summed E-state index contributed by atoms with van der Waals surface area (Å²) in [5, 5.41) is 6.77. The number of rotatable bonds is 3. The topological polar surface area (TPSA) is 64.0 Å². The Balaban J connectivity index is 2.23. The lowest BCUT2D eigenvalue weighted by molar-refractivity contribution is 0.102. The molecule has 0 unspecified atom stereocenters. The number of benzene rings is 1. The van der Waals surface area contributed by atoms with Gasteiger partial charge in [-0.2, -0.15) is 5.10 Å². The molecule has 0 spiro atoms. The van der Waals surface area contributed by atoms with Crippen LogP contribution in [-0.2, 0) is 6.54 Å². The average molecular weight is 336 g/mol. The number of nitrogens with zero attached hydrogens (tertiary/aromatic N) is 2. The summed E-state index contributed by atoms with van der Waals surface area (Å²) < 4.78 is 2.23. The van der Waals surface area contributed by atoms with Gasteiger partial charge in [0.25, 0.3) is 11.5 Å². The van der Waals surface area contributed by atoms with Crippen LogP contribution in [-0.4, -0.2) is 15.7 Å². The van der Waals surface area contributed by atoms with E-state index in [0.29, 0.717) is 12.2 Å². The fourth-order valence-electron chi connectivity index (χ4n) is 1.71. The van der Waals surface area contributed by atoms with Gasteiger partial charge in [-0.1, -0.05) is 15.9 Å². The first-order chi connectivity index (χ1) is 9.51. The van der Waals surface area contributed by atoms with Gasteiger partial charge in [0.15, 0.2) is 0 Å². The van der Waals surface area contributed by atoms with Gasteiger partial charge in [0, 0.05) is 22.8 Å². The molecule has 0 saturated carbocycles. The summed E-state index contributed by atoms with van der Waals surface area (Å²) in [5.74, 6) is -0.339. The summed E-state index contributed by atoms with van der Waals surface area (Å²) in [6.07, 6.45) is 0. The zero-order chi connectivity index (χ0) is 14.7. The number of anilines is 1. The first-order valence-electron chi connectivity index (χ1n) is 6.17. The molecule has 0 aliphatic heterocycles. The van der Waals surface area contributed by atoms with Crippen molar-refractivity contribution in [2.24, 2.45) is 0 Å². The molecule has 0 radical (unpaired) electrons. The summed E-state index contributed by atoms with van der Waals surface area (Å²) in [5.41, 5.74) is 1.71. The molecule has 1 aromatic heterocycles. The van der Waals surface area contributed by atoms with Crippen LogP contribution >= 0.6 is 15.9 Å². The van der Waals surface area contributed by atoms with Gasteiger partial charge >= 0.3 is 0 Å². The highest BCUT2D eigenvalue weighted by Gasteiger charge is 2.10. The molecule has 2 rings (SSSR count). The van der Waals surface area contributed by atoms with E-state index in [2.05, 4.69) is 26.3 Å². The van der Waals surface area contributed by atoms with Crippen molar-refractivity contribution in [1.82, 2.24) is 9.78 Å². The molecule has 1 N–H and O–H groups in total. The Labute approximate surface area is 124 Å². The van der Waals surface area contributed by atoms with Crippen molar-refractivity contribution in [2.45, 2.75) is 20.4 Å². The minimum atomic E-state index is -0.339. The Morgan fingerprint density at radius 2 is 2.10 bits per heavy atom. The van der Waals surface area contributed by atoms with E-state index in [1.807, 2.05) is 19.1 Å². The van der Waals surface area contributed by atoms with Gasteiger partial charge in [0.2, 0.25) is 0 Å². The molecule has 1 aromatic carbocycles. The number of halogens is 1. The Morgan fingerprint density at radius 3 is 2.75 bits per heavy atom. The van der Waals surface area contributed by atoms with Crippen LogP contribution < -0.4 is 10.9 Å². The second-order valence-electron chi connectivity index (χ2n) is 4.29. The second-order valence-corrected chi connectivity index (χ2v) is 5.14. The Hall–Kier alpha value is -1.95. The number of amides is 1. The van der Waals surface area contributed by atoms with Crippen molar-refractivity contribution in [1.29, 1.82) is 0 Å². The number of aromatic nitrogens is 2. The van der Waals surface area contributed by atoms with Crippen LogP contribution in [0.1, 0.15) is 23.0 Å². The number of hydrogen-bond acceptors (Lipinski definition) is 3. The van der Waals surface area contributed by atoms with E-state index >= 15 is 0 Å². The summed E-state index contributed by atoms with van der Waals surface area (Å²) in [6.45, 7) is 4.17. The van der Waals surface area contributed by atoms with Crippen molar-refractivity contribution in [2.75, 3.05) is 5.32 Å². The highest BCUT2D eigenvalue weighted by molar-refractivity contribution is 9.10. The zero-order valence-corrected chi connectivity index (χ0v) is 12.8. The predicted octanol–water partition coefficient (Wildman–Crippen LogP) is 2.59. The van der Waals surface area contributed by atoms with Crippen LogP contribution in [0.15, 0.2) is 39.6 Å². The lowest BCUT2D eigenvalue weighted by Crippen LogP contribution is -2.25. The minimum absolute atomic E-state index is 0.215. The molecular weight excluding hydrogens is 322 g/mol. The molecule has 2 aromatic rings. The third-order valence-corrected chi connectivity index (χ3v) is 3.70. The van der Waals surface area contributed by atoms with E-state index in [1.165, 1.54) is 16.8 Å². The molecule has 0 saturated heterocycles. The van der Waals surface area contributed by atoms with Crippen LogP contribution in [0.5, 0.6) is 0 Å². The number of carbonyl (C=O) groups is 1. The Bertz CT molecular complexity index is 710. The monoisotopic (exact) mass is 335 g/mol. The van der Waals surface area contributed by atoms with Gasteiger partial charge in [-0.3, -0.25) is 9.59 Å². The lowest BCUT2D eigenvalue weighted by Gasteiger charge is -2.07. The van der Waals surface area contributed by atoms with E-state index in [-0.39, 0.29) is 17.2 Å². The molecule has 0 aliphatic carbocycles. The van der Waals surface area contributed by atoms with Gasteiger partial charge in [0.1, 0.15) is 5.69 Å². The third kappa shape index (κ3) is 3.14. The van der Waals surface area contributed by atoms with Gasteiger partial charge in [-0.15, -0.1) is 0 Å². The highest BCUT2D eigenvalue weighted by atomic mass is 79.9. The minimum Gasteiger partial charge on any atom is -0.321 e. The fourth-order valence-corrected chi connectivity index (χ4v) is 1.96. The van der Waals surface area contributed by atoms with Crippen LogP contribution in [0.25, 0.3) is 0 Å². The molecule has 0 aliphatic rings. The molecule has 1 amide bonds. The number of carbonyl (C=O) groups excluding carboxylic acids is 1. The van der Waals surface area contributed by atoms with Gasteiger partial charge in [-0.25, -0.2) is 4.68 Å². The van der Waals surface area contributed by atoms with Crippen molar-refractivity contribution in [3.05, 3.63) is 56.4 Å². The van der Waals surface area contributed by atoms with Gasteiger partial charge < -0.3 is 5.32 Å². The number of nitrogens with one attached hydrogen (secondary N) is 1. The molecule has 6 heteroatoms. The fraction of sp³-hybridized carbons (Fsp3) is 0.214. The predicted molar refractivity (Wildman–Crippen MR) is 81.0 cm³/mol. The molecule has 0 atom stereocenters. The van der Waals surface area contributed by atoms with Crippen molar-refractivity contribution in [3.8, 4) is 0 Å². The lowest BCUT2D eigenvalue weighted by atomic mass is 10.2. The third-order valence-electron chi connectivity index (χ3n) is 2.81. The molecule has 5 nitrogen and oxygen atoms in total. The molecule has 104 valence electrons. The second kappa shape index (κ2) is 6.00. The Morgan fingerprint density at radius 1 is 1.35 bits per heavy atom. The standard InChI is InChI=1S/C14H14BrN3O2/c1-3-18-13(19)7-6-12(17-18)14(20)16-10-4-5-11(15)9(2)8-10/h4-8H,3H2,1-2H3,(H,16,20). The Kier molecular flexibility index (Phi) is 4.34. The molecule has 0 bridgehead atoms. The summed E-state index contributed by atoms with van der Waals surface area (Å²) >= 11 is 3.40. The van der Waals surface area contributed by atoms with E-state index in [1.54, 1.807) is 13.0 Å². The molecule has 20 heavy (non-hydrogen) atoms. The maximum atomic E-state index is 12.1. The number of hydrogen-bond donors (Lipinski definition) is 1. The van der Waals surface area contributed by atoms with E-state index < -0.39 is 0 Å². The highest BCUT2D eigenvalue weighted by Crippen LogP contribution is 2.20. The number of aryl methyl sites for hydroxylation is 2. The van der Waals surface area contributed by atoms with Crippen LogP contribution in [0.4, 0.5) is 5.69 Å². The maximum Gasteiger partial charge on any atom is 0.276 e. The largest absolute Gasteiger partial charge is 0.321 e. The summed E-state index contributed by atoms with van der Waals surface area (Å²) in [6, 6.07) is 8.29. The van der Waals surface area contributed by atoms with Gasteiger partial charge in [0.05, 0.1) is 0 Å². The van der Waals surface area contributed by atoms with E-state index in [9.17, 15) is 9.59 Å². The smallest absolute Gasteiger partial charge is 0.276 e. The van der Waals surface area contributed by atoms with Crippen molar-refractivity contribution >= 4 is 27.5 Å². The van der Waals surface area contributed by atoms with Crippen LogP contribution in [0, 0.1) is 6.92 Å². The normalized spacial score (nSPS) is 10.3. The van der Waals surface area contributed by atoms with Gasteiger partial charge in [-0.05, 0) is 43.7 Å². The first kappa shape index (κ1) is 14.5. The van der Waals surface area contributed by atoms with Crippen LogP contribution in [0.2, 0.25) is 0 Å². The van der Waals surface area contributed by atoms with Crippen molar-refractivity contribution in [3.63, 3.8) is 0 Å². The zero-order valence-electron chi connectivity index (χ0n) is 11.2. The summed E-state index contributed by atoms with van der Waals surface area (Å²) in [4.78, 5) is 23.5. The maximum absolute atomic E-state index is 12.1. The average Bonchev–Trinajstić information content (AvgIpc) is 2.43. The molecule has 0 fully saturated rings. The molecular formula is C14H14BrN3O2. The SMILES string of the molecule is CCn1nc(C(=O)Nc2ccc(Br)c(C)c2)ccc1=O. The quantitative estimate of drug-likeness (QED) is 0.937. The van der Waals surface area contributed by atoms with E-state index in [4.69, 9.17) is 0 Å². The van der Waals surface area contributed by atoms with Crippen molar-refractivity contribution < 1.29 is 4.79 Å². The van der Waals surface area contributed by atoms with E-state index in [0.717, 1.165) is 10.0 Å². The van der Waals surface area contributed by atoms with Crippen LogP contribution in [0.3, 0.4) is 0 Å².